The average Bonchev–Trinajstić information content (AvgIpc) is 3.39. The molecule has 1 aliphatic carbocycles. The van der Waals surface area contributed by atoms with Crippen LogP contribution in [0.4, 0.5) is 8.78 Å². The number of aromatic amines is 2. The number of fused-ring (bicyclic) bond motifs is 4. The summed E-state index contributed by atoms with van der Waals surface area (Å²) >= 11 is 3.42. The molecule has 3 atom stereocenters. The number of aryl methyl sites for hydroxylation is 1. The Hall–Kier alpha value is -2.16. The van der Waals surface area contributed by atoms with Crippen LogP contribution in [-0.2, 0) is 9.31 Å². The third kappa shape index (κ3) is 3.59. The quantitative estimate of drug-likeness (QED) is 0.248. The minimum atomic E-state index is -0.680. The molecule has 1 fully saturated rings. The summed E-state index contributed by atoms with van der Waals surface area (Å²) < 4.78 is 43.7. The summed E-state index contributed by atoms with van der Waals surface area (Å²) in [5.41, 5.74) is 4.86. The van der Waals surface area contributed by atoms with Crippen LogP contribution in [0.1, 0.15) is 88.2 Å². The Morgan fingerprint density at radius 2 is 1.68 bits per heavy atom. The van der Waals surface area contributed by atoms with Crippen molar-refractivity contribution in [2.45, 2.75) is 83.8 Å². The first-order valence-electron chi connectivity index (χ1n) is 13.0. The summed E-state index contributed by atoms with van der Waals surface area (Å²) in [5, 5.41) is 1.81. The lowest BCUT2D eigenvalue weighted by molar-refractivity contribution is -0.0240. The summed E-state index contributed by atoms with van der Waals surface area (Å²) in [6.45, 7) is 14.6. The Labute approximate surface area is 224 Å². The third-order valence-electron chi connectivity index (χ3n) is 8.95. The smallest absolute Gasteiger partial charge is 0.399 e. The van der Waals surface area contributed by atoms with Gasteiger partial charge in [-0.15, -0.1) is 0 Å². The van der Waals surface area contributed by atoms with Gasteiger partial charge in [-0.25, -0.2) is 8.78 Å². The molecule has 3 heterocycles. The van der Waals surface area contributed by atoms with Crippen molar-refractivity contribution in [1.29, 1.82) is 0 Å². The summed E-state index contributed by atoms with van der Waals surface area (Å²) in [6.07, 6.45) is 0.700. The van der Waals surface area contributed by atoms with Gasteiger partial charge in [0.05, 0.1) is 22.2 Å². The van der Waals surface area contributed by atoms with Gasteiger partial charge < -0.3 is 19.3 Å². The number of H-pyrrole nitrogens is 2. The van der Waals surface area contributed by atoms with E-state index in [2.05, 4.69) is 53.6 Å². The van der Waals surface area contributed by atoms with E-state index in [9.17, 15) is 4.39 Å². The topological polar surface area (TPSA) is 50.0 Å². The molecule has 3 unspecified atom stereocenters. The predicted molar refractivity (Wildman–Crippen MR) is 149 cm³/mol. The van der Waals surface area contributed by atoms with Crippen LogP contribution >= 0.6 is 15.9 Å². The van der Waals surface area contributed by atoms with Crippen molar-refractivity contribution >= 4 is 50.3 Å². The molecular formula is C29H32BBrF2N2O2. The summed E-state index contributed by atoms with van der Waals surface area (Å²) in [6, 6.07) is 7.01. The Balaban J connectivity index is 1.33. The van der Waals surface area contributed by atoms with Crippen LogP contribution in [0, 0.1) is 18.6 Å². The van der Waals surface area contributed by atoms with Gasteiger partial charge in [-0.1, -0.05) is 42.8 Å². The zero-order chi connectivity index (χ0) is 26.6. The fraction of sp³-hybridized carbons (Fsp3) is 0.448. The molecule has 194 valence electrons. The third-order valence-corrected chi connectivity index (χ3v) is 9.40. The molecule has 2 N–H and O–H groups in total. The molecule has 2 aromatic heterocycles. The van der Waals surface area contributed by atoms with Gasteiger partial charge in [-0.05, 0) is 80.7 Å². The van der Waals surface area contributed by atoms with Crippen molar-refractivity contribution in [3.8, 4) is 0 Å². The maximum Gasteiger partial charge on any atom is 0.494 e. The Morgan fingerprint density at radius 1 is 1.00 bits per heavy atom. The molecule has 2 aromatic carbocycles. The van der Waals surface area contributed by atoms with E-state index in [0.29, 0.717) is 22.9 Å². The average molecular weight is 569 g/mol. The second-order valence-corrected chi connectivity index (χ2v) is 12.8. The highest BCUT2D eigenvalue weighted by atomic mass is 79.9. The zero-order valence-corrected chi connectivity index (χ0v) is 23.9. The van der Waals surface area contributed by atoms with Crippen molar-refractivity contribution in [3.05, 3.63) is 62.9 Å². The molecule has 0 bridgehead atoms. The van der Waals surface area contributed by atoms with Crippen molar-refractivity contribution in [3.63, 3.8) is 0 Å². The lowest BCUT2D eigenvalue weighted by Gasteiger charge is -2.44. The van der Waals surface area contributed by atoms with E-state index in [1.807, 2.05) is 32.9 Å². The molecule has 6 rings (SSSR count). The Bertz CT molecular complexity index is 1580. The van der Waals surface area contributed by atoms with E-state index in [1.165, 1.54) is 17.7 Å². The van der Waals surface area contributed by atoms with E-state index in [1.54, 1.807) is 0 Å². The number of rotatable bonds is 4. The van der Waals surface area contributed by atoms with E-state index >= 15 is 4.39 Å². The first kappa shape index (κ1) is 25.1. The molecule has 37 heavy (non-hydrogen) atoms. The fourth-order valence-corrected chi connectivity index (χ4v) is 7.05. The number of aromatic nitrogens is 2. The van der Waals surface area contributed by atoms with Crippen molar-refractivity contribution in [2.24, 2.45) is 0 Å². The van der Waals surface area contributed by atoms with Crippen LogP contribution in [0.25, 0.3) is 21.8 Å². The van der Waals surface area contributed by atoms with Gasteiger partial charge in [-0.3, -0.25) is 0 Å². The second-order valence-electron chi connectivity index (χ2n) is 11.9. The Kier molecular flexibility index (Phi) is 5.55. The first-order chi connectivity index (χ1) is 17.3. The van der Waals surface area contributed by atoms with E-state index < -0.39 is 18.3 Å². The maximum atomic E-state index is 15.2. The predicted octanol–water partition coefficient (Wildman–Crippen LogP) is 7.69. The highest BCUT2D eigenvalue weighted by Crippen LogP contribution is 2.56. The number of halogens is 3. The van der Waals surface area contributed by atoms with Gasteiger partial charge in [0.2, 0.25) is 0 Å². The number of hydrogen-bond acceptors (Lipinski definition) is 2. The van der Waals surface area contributed by atoms with E-state index in [-0.39, 0.29) is 29.4 Å². The van der Waals surface area contributed by atoms with Gasteiger partial charge >= 0.3 is 7.12 Å². The molecule has 0 amide bonds. The minimum absolute atomic E-state index is 0.172. The van der Waals surface area contributed by atoms with Crippen molar-refractivity contribution in [1.82, 2.24) is 9.97 Å². The monoisotopic (exact) mass is 568 g/mol. The minimum Gasteiger partial charge on any atom is -0.399 e. The van der Waals surface area contributed by atoms with Gasteiger partial charge in [0.15, 0.2) is 0 Å². The highest BCUT2D eigenvalue weighted by molar-refractivity contribution is 9.10. The lowest BCUT2D eigenvalue weighted by atomic mass is 9.65. The van der Waals surface area contributed by atoms with E-state index in [0.717, 1.165) is 32.2 Å². The van der Waals surface area contributed by atoms with Crippen molar-refractivity contribution < 1.29 is 18.1 Å². The van der Waals surface area contributed by atoms with Crippen molar-refractivity contribution in [2.75, 3.05) is 0 Å². The van der Waals surface area contributed by atoms with Crippen LogP contribution in [-0.4, -0.2) is 28.3 Å². The maximum absolute atomic E-state index is 15.2. The molecule has 0 spiro atoms. The zero-order valence-electron chi connectivity index (χ0n) is 22.3. The fourth-order valence-electron chi connectivity index (χ4n) is 6.63. The van der Waals surface area contributed by atoms with Crippen LogP contribution in [0.15, 0.2) is 28.7 Å². The first-order valence-corrected chi connectivity index (χ1v) is 13.8. The molecule has 4 nitrogen and oxygen atoms in total. The van der Waals surface area contributed by atoms with Crippen LogP contribution < -0.4 is 5.46 Å². The normalized spacial score (nSPS) is 24.9. The van der Waals surface area contributed by atoms with Gasteiger partial charge in [0, 0.05) is 32.6 Å². The summed E-state index contributed by atoms with van der Waals surface area (Å²) in [7, 11) is -0.680. The largest absolute Gasteiger partial charge is 0.494 e. The highest BCUT2D eigenvalue weighted by Gasteiger charge is 2.57. The van der Waals surface area contributed by atoms with Crippen LogP contribution in [0.2, 0.25) is 0 Å². The number of benzene rings is 2. The van der Waals surface area contributed by atoms with Gasteiger partial charge in [0.1, 0.15) is 11.6 Å². The molecule has 1 aliphatic heterocycles. The molecular weight excluding hydrogens is 537 g/mol. The van der Waals surface area contributed by atoms with Gasteiger partial charge in [0.25, 0.3) is 0 Å². The molecule has 8 heteroatoms. The Morgan fingerprint density at radius 3 is 2.38 bits per heavy atom. The molecule has 0 radical (unpaired) electrons. The second kappa shape index (κ2) is 8.17. The molecule has 1 saturated heterocycles. The van der Waals surface area contributed by atoms with Gasteiger partial charge in [-0.2, -0.15) is 0 Å². The molecule has 0 saturated carbocycles. The number of nitrogens with one attached hydrogen (secondary N) is 2. The standard InChI is InChI=1S/C29H32BBrF2N2O2/c1-13(2)23-15(4)34-25-18(23)8-16(9-21(25)32)30-36-28(5,6)29(7,37-30)12-20-14(3)24-19-10-17(31)11-22(33)26(19)35-27(20)24/h8-11,13-14,20,34-35H,12H2,1-7H3. The van der Waals surface area contributed by atoms with Crippen LogP contribution in [0.5, 0.6) is 0 Å². The van der Waals surface area contributed by atoms with E-state index in [4.69, 9.17) is 9.31 Å². The summed E-state index contributed by atoms with van der Waals surface area (Å²) in [4.78, 5) is 6.56. The molecule has 4 aromatic rings. The number of hydrogen-bond donors (Lipinski definition) is 2. The van der Waals surface area contributed by atoms with Crippen LogP contribution in [0.3, 0.4) is 0 Å². The molecule has 2 aliphatic rings. The SMILES string of the molecule is Cc1[nH]c2c(F)cc(B3OC(C)(C)C(C)(CC4c5[nH]c6c(F)cc(Br)cc6c5C4C)O3)cc2c1C(C)C. The lowest BCUT2D eigenvalue weighted by Crippen LogP contribution is -2.47. The summed E-state index contributed by atoms with van der Waals surface area (Å²) in [5.74, 6) is 0.121.